The minimum absolute atomic E-state index is 0.0652. The number of allylic oxidation sites excluding steroid dienone is 1. The Bertz CT molecular complexity index is 567. The van der Waals surface area contributed by atoms with E-state index in [1.807, 2.05) is 46.0 Å². The Morgan fingerprint density at radius 1 is 1.38 bits per heavy atom. The lowest BCUT2D eigenvalue weighted by molar-refractivity contribution is -0.167. The summed E-state index contributed by atoms with van der Waals surface area (Å²) >= 11 is 1.47. The lowest BCUT2D eigenvalue weighted by Crippen LogP contribution is -2.22. The van der Waals surface area contributed by atoms with Crippen LogP contribution in [0.25, 0.3) is 0 Å². The average Bonchev–Trinajstić information content (AvgIpc) is 2.75. The molecule has 1 N–H and O–H groups in total. The molecule has 5 heteroatoms. The summed E-state index contributed by atoms with van der Waals surface area (Å²) in [6.45, 7) is 5.69. The minimum atomic E-state index is -0.977. The highest BCUT2D eigenvalue weighted by Crippen LogP contribution is 2.36. The first kappa shape index (κ1) is 16.2. The zero-order valence-electron chi connectivity index (χ0n) is 13.3. The van der Waals surface area contributed by atoms with Crippen LogP contribution in [0.5, 0.6) is 0 Å². The molecule has 0 bridgehead atoms. The Labute approximate surface area is 130 Å². The van der Waals surface area contributed by atoms with Gasteiger partial charge in [0.1, 0.15) is 0 Å². The Morgan fingerprint density at radius 3 is 2.62 bits per heavy atom. The Balaban J connectivity index is 2.25. The fourth-order valence-corrected chi connectivity index (χ4v) is 3.39. The third-order valence-electron chi connectivity index (χ3n) is 3.11. The molecular weight excluding hydrogens is 286 g/mol. The van der Waals surface area contributed by atoms with Crippen molar-refractivity contribution in [2.24, 2.45) is 0 Å². The smallest absolute Gasteiger partial charge is 0.191 e. The molecule has 0 aliphatic heterocycles. The van der Waals surface area contributed by atoms with Crippen LogP contribution in [0.2, 0.25) is 0 Å². The number of carbonyl (C=O) groups is 1. The van der Waals surface area contributed by atoms with Crippen molar-refractivity contribution in [2.45, 2.75) is 45.5 Å². The fraction of sp³-hybridized carbons (Fsp3) is 0.562. The fourth-order valence-electron chi connectivity index (χ4n) is 2.31. The minimum Gasteiger partial charge on any atom is -0.383 e. The van der Waals surface area contributed by atoms with Gasteiger partial charge in [0, 0.05) is 36.3 Å². The van der Waals surface area contributed by atoms with E-state index in [1.165, 1.54) is 11.3 Å². The van der Waals surface area contributed by atoms with E-state index in [1.54, 1.807) is 6.07 Å². The van der Waals surface area contributed by atoms with Gasteiger partial charge in [0.15, 0.2) is 12.1 Å². The average molecular weight is 309 g/mol. The molecule has 1 atom stereocenters. The number of rotatable bonds is 3. The van der Waals surface area contributed by atoms with Crippen LogP contribution in [-0.2, 0) is 11.2 Å². The van der Waals surface area contributed by atoms with E-state index in [9.17, 15) is 9.90 Å². The number of ether oxygens (including phenoxy) is 1. The number of carbonyl (C=O) groups excluding carboxylic acids is 1. The normalized spacial score (nSPS) is 18.8. The second kappa shape index (κ2) is 5.91. The number of thiophene rings is 1. The lowest BCUT2D eigenvalue weighted by Gasteiger charge is -2.23. The van der Waals surface area contributed by atoms with Gasteiger partial charge in [-0.2, -0.15) is 0 Å². The lowest BCUT2D eigenvalue weighted by atomic mass is 9.93. The number of nitrogens with zero attached hydrogens (tertiary/aromatic N) is 1. The SMILES string of the molecule is CN(C)/C=C1\CCc2sc(C(O)OC(C)(C)C)cc2C1=O. The quantitative estimate of drug-likeness (QED) is 0.688. The molecule has 1 aliphatic carbocycles. The molecule has 0 fully saturated rings. The first-order chi connectivity index (χ1) is 9.67. The molecule has 0 saturated heterocycles. The van der Waals surface area contributed by atoms with Crippen molar-refractivity contribution in [3.05, 3.63) is 33.2 Å². The third-order valence-corrected chi connectivity index (χ3v) is 4.33. The molecule has 1 aromatic heterocycles. The first-order valence-electron chi connectivity index (χ1n) is 7.07. The van der Waals surface area contributed by atoms with Crippen LogP contribution in [0, 0.1) is 0 Å². The molecule has 1 aromatic rings. The molecular formula is C16H23NO3S. The van der Waals surface area contributed by atoms with E-state index in [4.69, 9.17) is 4.74 Å². The standard InChI is InChI=1S/C16H23NO3S/c1-16(2,3)20-15(19)13-8-11-12(21-13)7-6-10(14(11)18)9-17(4)5/h8-9,15,19H,6-7H2,1-5H3/b10-9+. The molecule has 2 rings (SSSR count). The highest BCUT2D eigenvalue weighted by Gasteiger charge is 2.28. The van der Waals surface area contributed by atoms with Crippen LogP contribution >= 0.6 is 11.3 Å². The predicted octanol–water partition coefficient (Wildman–Crippen LogP) is 3.13. The molecule has 21 heavy (non-hydrogen) atoms. The molecule has 0 spiro atoms. The molecule has 4 nitrogen and oxygen atoms in total. The van der Waals surface area contributed by atoms with Gasteiger partial charge in [-0.05, 0) is 39.7 Å². The number of aryl methyl sites for hydroxylation is 1. The topological polar surface area (TPSA) is 49.8 Å². The summed E-state index contributed by atoms with van der Waals surface area (Å²) in [6, 6.07) is 1.78. The largest absolute Gasteiger partial charge is 0.383 e. The summed E-state index contributed by atoms with van der Waals surface area (Å²) in [7, 11) is 3.82. The number of hydrogen-bond acceptors (Lipinski definition) is 5. The zero-order valence-corrected chi connectivity index (χ0v) is 14.1. The van der Waals surface area contributed by atoms with Crippen LogP contribution < -0.4 is 0 Å². The van der Waals surface area contributed by atoms with Crippen molar-refractivity contribution in [2.75, 3.05) is 14.1 Å². The molecule has 116 valence electrons. The number of aliphatic hydroxyl groups is 1. The first-order valence-corrected chi connectivity index (χ1v) is 7.89. The maximum Gasteiger partial charge on any atom is 0.191 e. The van der Waals surface area contributed by atoms with Crippen LogP contribution in [0.3, 0.4) is 0 Å². The summed E-state index contributed by atoms with van der Waals surface area (Å²) in [5.41, 5.74) is 1.11. The van der Waals surface area contributed by atoms with Gasteiger partial charge in [-0.1, -0.05) is 0 Å². The van der Waals surface area contributed by atoms with Gasteiger partial charge in [-0.3, -0.25) is 4.79 Å². The van der Waals surface area contributed by atoms with Crippen LogP contribution in [0.15, 0.2) is 17.8 Å². The van der Waals surface area contributed by atoms with Crippen molar-refractivity contribution in [3.63, 3.8) is 0 Å². The van der Waals surface area contributed by atoms with E-state index < -0.39 is 11.9 Å². The number of Topliss-reactive ketones (excluding diaryl/α,β-unsaturated/α-hetero) is 1. The Morgan fingerprint density at radius 2 is 2.05 bits per heavy atom. The van der Waals surface area contributed by atoms with Gasteiger partial charge in [0.2, 0.25) is 0 Å². The highest BCUT2D eigenvalue weighted by atomic mass is 32.1. The number of fused-ring (bicyclic) bond motifs is 1. The van der Waals surface area contributed by atoms with Crippen LogP contribution in [0.4, 0.5) is 0 Å². The zero-order chi connectivity index (χ0) is 15.8. The van der Waals surface area contributed by atoms with Gasteiger partial charge < -0.3 is 14.7 Å². The van der Waals surface area contributed by atoms with Gasteiger partial charge in [-0.15, -0.1) is 11.3 Å². The van der Waals surface area contributed by atoms with Crippen molar-refractivity contribution in [3.8, 4) is 0 Å². The molecule has 0 amide bonds. The second-order valence-corrected chi connectivity index (χ2v) is 7.68. The van der Waals surface area contributed by atoms with Crippen molar-refractivity contribution >= 4 is 17.1 Å². The molecule has 1 unspecified atom stereocenters. The maximum absolute atomic E-state index is 12.5. The van der Waals surface area contributed by atoms with Gasteiger partial charge in [0.25, 0.3) is 0 Å². The number of ketones is 1. The molecule has 1 aliphatic rings. The second-order valence-electron chi connectivity index (χ2n) is 6.52. The van der Waals surface area contributed by atoms with E-state index in [0.29, 0.717) is 10.4 Å². The summed E-state index contributed by atoms with van der Waals surface area (Å²) < 4.78 is 5.56. The van der Waals surface area contributed by atoms with Gasteiger partial charge in [0.05, 0.1) is 10.5 Å². The molecule has 0 saturated carbocycles. The van der Waals surface area contributed by atoms with E-state index in [0.717, 1.165) is 23.3 Å². The summed E-state index contributed by atoms with van der Waals surface area (Å²) in [4.78, 5) is 16.1. The van der Waals surface area contributed by atoms with Crippen molar-refractivity contribution < 1.29 is 14.6 Å². The molecule has 0 radical (unpaired) electrons. The van der Waals surface area contributed by atoms with Gasteiger partial charge >= 0.3 is 0 Å². The van der Waals surface area contributed by atoms with Crippen molar-refractivity contribution in [1.29, 1.82) is 0 Å². The Hall–Kier alpha value is -1.17. The predicted molar refractivity (Wildman–Crippen MR) is 84.5 cm³/mol. The highest BCUT2D eigenvalue weighted by molar-refractivity contribution is 7.12. The molecule has 1 heterocycles. The van der Waals surface area contributed by atoms with E-state index in [2.05, 4.69) is 0 Å². The van der Waals surface area contributed by atoms with Gasteiger partial charge in [-0.25, -0.2) is 0 Å². The summed E-state index contributed by atoms with van der Waals surface area (Å²) in [5, 5.41) is 10.2. The Kier molecular flexibility index (Phi) is 4.56. The van der Waals surface area contributed by atoms with E-state index in [-0.39, 0.29) is 5.78 Å². The molecule has 0 aromatic carbocycles. The van der Waals surface area contributed by atoms with E-state index >= 15 is 0 Å². The number of aliphatic hydroxyl groups excluding tert-OH is 1. The number of hydrogen-bond donors (Lipinski definition) is 1. The third kappa shape index (κ3) is 3.93. The van der Waals surface area contributed by atoms with Crippen LogP contribution in [0.1, 0.15) is 53.6 Å². The monoisotopic (exact) mass is 309 g/mol. The van der Waals surface area contributed by atoms with Crippen molar-refractivity contribution in [1.82, 2.24) is 4.90 Å². The summed E-state index contributed by atoms with van der Waals surface area (Å²) in [6.07, 6.45) is 2.49. The van der Waals surface area contributed by atoms with Crippen LogP contribution in [-0.4, -0.2) is 35.5 Å². The summed E-state index contributed by atoms with van der Waals surface area (Å²) in [5.74, 6) is 0.0652. The maximum atomic E-state index is 12.5.